The van der Waals surface area contributed by atoms with Gasteiger partial charge in [-0.1, -0.05) is 29.8 Å². The number of ether oxygens (including phenoxy) is 2. The first-order valence-corrected chi connectivity index (χ1v) is 11.7. The van der Waals surface area contributed by atoms with Gasteiger partial charge in [0.15, 0.2) is 17.3 Å². The highest BCUT2D eigenvalue weighted by Crippen LogP contribution is 2.27. The van der Waals surface area contributed by atoms with E-state index in [4.69, 9.17) is 21.1 Å². The minimum Gasteiger partial charge on any atom is -0.488 e. The van der Waals surface area contributed by atoms with Gasteiger partial charge in [0.1, 0.15) is 11.5 Å². The molecule has 30 heavy (non-hydrogen) atoms. The maximum absolute atomic E-state index is 14.1. The zero-order valence-corrected chi connectivity index (χ0v) is 18.5. The summed E-state index contributed by atoms with van der Waals surface area (Å²) < 4.78 is 53.3. The van der Waals surface area contributed by atoms with Gasteiger partial charge in [0.05, 0.1) is 11.1 Å². The normalized spacial score (nSPS) is 17.4. The van der Waals surface area contributed by atoms with Crippen molar-refractivity contribution in [3.05, 3.63) is 53.3 Å². The fourth-order valence-electron chi connectivity index (χ4n) is 3.31. The van der Waals surface area contributed by atoms with Crippen LogP contribution in [0.2, 0.25) is 5.02 Å². The van der Waals surface area contributed by atoms with Crippen molar-refractivity contribution in [1.82, 2.24) is 9.62 Å². The van der Waals surface area contributed by atoms with Gasteiger partial charge < -0.3 is 9.47 Å². The summed E-state index contributed by atoms with van der Waals surface area (Å²) in [6, 6.07) is 11.1. The Balaban J connectivity index is 1.51. The van der Waals surface area contributed by atoms with Gasteiger partial charge in [0.2, 0.25) is 10.0 Å². The van der Waals surface area contributed by atoms with Gasteiger partial charge in [0, 0.05) is 19.1 Å². The molecule has 1 heterocycles. The summed E-state index contributed by atoms with van der Waals surface area (Å²) >= 11 is 5.71. The van der Waals surface area contributed by atoms with Crippen LogP contribution in [-0.4, -0.2) is 51.7 Å². The molecule has 0 aliphatic carbocycles. The van der Waals surface area contributed by atoms with Gasteiger partial charge in [-0.25, -0.2) is 17.5 Å². The molecule has 164 valence electrons. The number of hydrogen-bond donors (Lipinski definition) is 1. The molecule has 6 nitrogen and oxygen atoms in total. The number of benzene rings is 2. The Labute approximate surface area is 182 Å². The molecule has 0 amide bonds. The van der Waals surface area contributed by atoms with Crippen LogP contribution in [0.4, 0.5) is 4.39 Å². The lowest BCUT2D eigenvalue weighted by Crippen LogP contribution is -2.38. The molecule has 9 heteroatoms. The fraction of sp³-hybridized carbons (Fsp3) is 0.429. The summed E-state index contributed by atoms with van der Waals surface area (Å²) in [6.45, 7) is 6.24. The molecule has 0 spiro atoms. The van der Waals surface area contributed by atoms with E-state index < -0.39 is 20.7 Å². The highest BCUT2D eigenvalue weighted by atomic mass is 35.5. The number of likely N-dealkylation sites (tertiary alicyclic amines) is 1. The lowest BCUT2D eigenvalue weighted by Gasteiger charge is -2.19. The van der Waals surface area contributed by atoms with Gasteiger partial charge in [-0.05, 0) is 51.1 Å². The van der Waals surface area contributed by atoms with E-state index in [1.54, 1.807) is 0 Å². The first-order valence-electron chi connectivity index (χ1n) is 9.83. The molecule has 3 rings (SSSR count). The SMILES string of the molecule is CC(C)Oc1ccccc1OCCN1CC[C@@H](NS(=O)(=O)c2cccc(Cl)c2F)C1. The summed E-state index contributed by atoms with van der Waals surface area (Å²) in [5, 5.41) is -0.218. The molecular weight excluding hydrogens is 431 g/mol. The smallest absolute Gasteiger partial charge is 0.243 e. The molecule has 0 saturated carbocycles. The second kappa shape index (κ2) is 9.96. The van der Waals surface area contributed by atoms with E-state index in [-0.39, 0.29) is 17.2 Å². The van der Waals surface area contributed by atoms with Crippen LogP contribution in [0.1, 0.15) is 20.3 Å². The average Bonchev–Trinajstić information content (AvgIpc) is 3.11. The lowest BCUT2D eigenvalue weighted by molar-refractivity contribution is 0.204. The summed E-state index contributed by atoms with van der Waals surface area (Å²) in [5.41, 5.74) is 0. The van der Waals surface area contributed by atoms with E-state index in [9.17, 15) is 12.8 Å². The first-order chi connectivity index (χ1) is 14.3. The summed E-state index contributed by atoms with van der Waals surface area (Å²) in [7, 11) is -3.98. The molecule has 1 fully saturated rings. The van der Waals surface area contributed by atoms with Crippen molar-refractivity contribution in [2.75, 3.05) is 26.2 Å². The quantitative estimate of drug-likeness (QED) is 0.623. The number of nitrogens with zero attached hydrogens (tertiary/aromatic N) is 1. The van der Waals surface area contributed by atoms with Crippen molar-refractivity contribution >= 4 is 21.6 Å². The number of hydrogen-bond acceptors (Lipinski definition) is 5. The highest BCUT2D eigenvalue weighted by molar-refractivity contribution is 7.89. The van der Waals surface area contributed by atoms with Gasteiger partial charge in [0.25, 0.3) is 0 Å². The molecule has 0 radical (unpaired) electrons. The predicted molar refractivity (Wildman–Crippen MR) is 114 cm³/mol. The monoisotopic (exact) mass is 456 g/mol. The van der Waals surface area contributed by atoms with Crippen molar-refractivity contribution in [3.8, 4) is 11.5 Å². The second-order valence-electron chi connectivity index (χ2n) is 7.42. The van der Waals surface area contributed by atoms with Crippen LogP contribution in [0.15, 0.2) is 47.4 Å². The van der Waals surface area contributed by atoms with E-state index in [0.29, 0.717) is 37.6 Å². The maximum atomic E-state index is 14.1. The van der Waals surface area contributed by atoms with E-state index in [2.05, 4.69) is 9.62 Å². The molecule has 1 aliphatic heterocycles. The van der Waals surface area contributed by atoms with Crippen LogP contribution in [0.3, 0.4) is 0 Å². The molecule has 1 aliphatic rings. The Kier molecular flexibility index (Phi) is 7.57. The topological polar surface area (TPSA) is 67.9 Å². The Hall–Kier alpha value is -1.87. The minimum absolute atomic E-state index is 0.0476. The Morgan fingerprint density at radius 1 is 1.20 bits per heavy atom. The molecule has 0 aromatic heterocycles. The Bertz CT molecular complexity index is 971. The van der Waals surface area contributed by atoms with Gasteiger partial charge in [-0.3, -0.25) is 4.90 Å². The molecule has 2 aromatic carbocycles. The van der Waals surface area contributed by atoms with Crippen LogP contribution in [0.25, 0.3) is 0 Å². The third-order valence-electron chi connectivity index (χ3n) is 4.68. The molecule has 0 bridgehead atoms. The zero-order chi connectivity index (χ0) is 21.7. The van der Waals surface area contributed by atoms with Crippen molar-refractivity contribution in [3.63, 3.8) is 0 Å². The van der Waals surface area contributed by atoms with E-state index in [1.165, 1.54) is 18.2 Å². The molecule has 1 N–H and O–H groups in total. The molecule has 1 atom stereocenters. The highest BCUT2D eigenvalue weighted by Gasteiger charge is 2.29. The number of para-hydroxylation sites is 2. The molecule has 0 unspecified atom stereocenters. The first kappa shape index (κ1) is 22.8. The Morgan fingerprint density at radius 2 is 1.93 bits per heavy atom. The number of nitrogens with one attached hydrogen (secondary N) is 1. The van der Waals surface area contributed by atoms with Gasteiger partial charge >= 0.3 is 0 Å². The minimum atomic E-state index is -3.98. The van der Waals surface area contributed by atoms with Gasteiger partial charge in [-0.2, -0.15) is 0 Å². The summed E-state index contributed by atoms with van der Waals surface area (Å²) in [4.78, 5) is 1.67. The number of sulfonamides is 1. The maximum Gasteiger partial charge on any atom is 0.243 e. The third kappa shape index (κ3) is 5.85. The lowest BCUT2D eigenvalue weighted by atomic mass is 10.3. The number of halogens is 2. The van der Waals surface area contributed by atoms with E-state index in [0.717, 1.165) is 6.54 Å². The molecule has 2 aromatic rings. The van der Waals surface area contributed by atoms with Crippen molar-refractivity contribution < 1.29 is 22.3 Å². The van der Waals surface area contributed by atoms with Crippen LogP contribution in [0, 0.1) is 5.82 Å². The van der Waals surface area contributed by atoms with Crippen LogP contribution < -0.4 is 14.2 Å². The molecular formula is C21H26ClFN2O4S. The van der Waals surface area contributed by atoms with Crippen molar-refractivity contribution in [2.24, 2.45) is 0 Å². The van der Waals surface area contributed by atoms with Gasteiger partial charge in [-0.15, -0.1) is 0 Å². The van der Waals surface area contributed by atoms with Crippen LogP contribution >= 0.6 is 11.6 Å². The van der Waals surface area contributed by atoms with E-state index in [1.807, 2.05) is 38.1 Å². The predicted octanol–water partition coefficient (Wildman–Crippen LogP) is 3.70. The van der Waals surface area contributed by atoms with Crippen LogP contribution in [-0.2, 0) is 10.0 Å². The summed E-state index contributed by atoms with van der Waals surface area (Å²) in [5.74, 6) is 0.444. The fourth-order valence-corrected chi connectivity index (χ4v) is 4.90. The number of rotatable bonds is 9. The van der Waals surface area contributed by atoms with E-state index >= 15 is 0 Å². The second-order valence-corrected chi connectivity index (χ2v) is 9.51. The standard InChI is InChI=1S/C21H26ClFN2O4S/c1-15(2)29-19-8-4-3-7-18(19)28-13-12-25-11-10-16(14-25)24-30(26,27)20-9-5-6-17(22)21(20)23/h3-9,15-16,24H,10-14H2,1-2H3/t16-/m1/s1. The van der Waals surface area contributed by atoms with Crippen molar-refractivity contribution in [1.29, 1.82) is 0 Å². The molecule has 1 saturated heterocycles. The average molecular weight is 457 g/mol. The Morgan fingerprint density at radius 3 is 2.67 bits per heavy atom. The zero-order valence-electron chi connectivity index (χ0n) is 17.0. The van der Waals surface area contributed by atoms with Crippen molar-refractivity contribution in [2.45, 2.75) is 37.3 Å². The van der Waals surface area contributed by atoms with Crippen LogP contribution in [0.5, 0.6) is 11.5 Å². The third-order valence-corrected chi connectivity index (χ3v) is 6.51. The largest absolute Gasteiger partial charge is 0.488 e. The summed E-state index contributed by atoms with van der Waals surface area (Å²) in [6.07, 6.45) is 0.681.